The fourth-order valence-corrected chi connectivity index (χ4v) is 1.29. The molecule has 0 amide bonds. The summed E-state index contributed by atoms with van der Waals surface area (Å²) in [4.78, 5) is 0. The van der Waals surface area contributed by atoms with Crippen LogP contribution in [0.5, 0.6) is 0 Å². The van der Waals surface area contributed by atoms with E-state index in [-0.39, 0.29) is 0 Å². The summed E-state index contributed by atoms with van der Waals surface area (Å²) < 4.78 is 10.4. The number of hydrogen-bond acceptors (Lipinski definition) is 4. The molecule has 1 heterocycles. The third-order valence-corrected chi connectivity index (χ3v) is 2.07. The molecule has 1 aromatic heterocycles. The topological polar surface area (TPSA) is 54.6 Å². The minimum atomic E-state index is -0.464. The van der Waals surface area contributed by atoms with Crippen LogP contribution < -0.4 is 5.32 Å². The van der Waals surface area contributed by atoms with E-state index in [0.717, 1.165) is 12.3 Å². The van der Waals surface area contributed by atoms with Gasteiger partial charge in [-0.05, 0) is 24.6 Å². The first-order valence-corrected chi connectivity index (χ1v) is 5.67. The van der Waals surface area contributed by atoms with Crippen LogP contribution in [0.4, 0.5) is 0 Å². The van der Waals surface area contributed by atoms with Crippen LogP contribution in [0.15, 0.2) is 22.8 Å². The fourth-order valence-electron chi connectivity index (χ4n) is 1.29. The van der Waals surface area contributed by atoms with Gasteiger partial charge in [0.15, 0.2) is 0 Å². The highest BCUT2D eigenvalue weighted by Crippen LogP contribution is 2.01. The molecule has 1 unspecified atom stereocenters. The zero-order chi connectivity index (χ0) is 11.8. The van der Waals surface area contributed by atoms with Crippen LogP contribution in [0, 0.1) is 5.92 Å². The summed E-state index contributed by atoms with van der Waals surface area (Å²) in [6, 6.07) is 3.67. The van der Waals surface area contributed by atoms with Crippen molar-refractivity contribution in [3.63, 3.8) is 0 Å². The van der Waals surface area contributed by atoms with Crippen molar-refractivity contribution in [1.82, 2.24) is 5.32 Å². The fraction of sp³-hybridized carbons (Fsp3) is 0.667. The number of hydrogen-bond donors (Lipinski definition) is 2. The van der Waals surface area contributed by atoms with Gasteiger partial charge < -0.3 is 19.6 Å². The van der Waals surface area contributed by atoms with Gasteiger partial charge in [0, 0.05) is 6.54 Å². The van der Waals surface area contributed by atoms with Crippen LogP contribution in [0.25, 0.3) is 0 Å². The molecule has 4 heteroatoms. The first kappa shape index (κ1) is 13.2. The van der Waals surface area contributed by atoms with Gasteiger partial charge in [-0.3, -0.25) is 0 Å². The zero-order valence-electron chi connectivity index (χ0n) is 9.98. The predicted octanol–water partition coefficient (Wildman–Crippen LogP) is 1.40. The molecule has 0 saturated heterocycles. The summed E-state index contributed by atoms with van der Waals surface area (Å²) in [6.07, 6.45) is 1.15. The highest BCUT2D eigenvalue weighted by molar-refractivity contribution is 4.96. The van der Waals surface area contributed by atoms with Gasteiger partial charge in [0.1, 0.15) is 12.4 Å². The number of aliphatic hydroxyl groups excluding tert-OH is 1. The monoisotopic (exact) mass is 227 g/mol. The molecule has 0 spiro atoms. The molecule has 92 valence electrons. The van der Waals surface area contributed by atoms with Crippen molar-refractivity contribution in [3.05, 3.63) is 24.2 Å². The number of rotatable bonds is 8. The van der Waals surface area contributed by atoms with Crippen LogP contribution in [-0.4, -0.2) is 30.9 Å². The van der Waals surface area contributed by atoms with Crippen molar-refractivity contribution in [2.24, 2.45) is 5.92 Å². The van der Waals surface area contributed by atoms with Crippen molar-refractivity contribution >= 4 is 0 Å². The van der Waals surface area contributed by atoms with Gasteiger partial charge in [-0.25, -0.2) is 0 Å². The molecule has 1 aromatic rings. The van der Waals surface area contributed by atoms with E-state index < -0.39 is 6.10 Å². The van der Waals surface area contributed by atoms with E-state index in [1.54, 1.807) is 6.26 Å². The molecule has 4 nitrogen and oxygen atoms in total. The number of furan rings is 1. The first-order valence-electron chi connectivity index (χ1n) is 5.67. The Morgan fingerprint density at radius 2 is 2.25 bits per heavy atom. The van der Waals surface area contributed by atoms with Crippen LogP contribution in [-0.2, 0) is 11.3 Å². The van der Waals surface area contributed by atoms with Gasteiger partial charge in [0.05, 0.1) is 19.0 Å². The maximum absolute atomic E-state index is 9.57. The normalized spacial score (nSPS) is 13.2. The lowest BCUT2D eigenvalue weighted by molar-refractivity contribution is 0.0225. The molecule has 2 N–H and O–H groups in total. The summed E-state index contributed by atoms with van der Waals surface area (Å²) in [6.45, 7) is 6.48. The average molecular weight is 227 g/mol. The number of nitrogens with one attached hydrogen (secondary N) is 1. The summed E-state index contributed by atoms with van der Waals surface area (Å²) >= 11 is 0. The average Bonchev–Trinajstić information content (AvgIpc) is 2.70. The molecule has 0 aliphatic rings. The second-order valence-electron chi connectivity index (χ2n) is 4.30. The van der Waals surface area contributed by atoms with Gasteiger partial charge in [0.25, 0.3) is 0 Å². The molecule has 1 rings (SSSR count). The molecule has 0 bridgehead atoms. The van der Waals surface area contributed by atoms with E-state index in [1.807, 2.05) is 12.1 Å². The van der Waals surface area contributed by atoms with Crippen molar-refractivity contribution in [1.29, 1.82) is 0 Å². The molecule has 1 atom stereocenters. The van der Waals surface area contributed by atoms with Gasteiger partial charge in [-0.2, -0.15) is 0 Å². The largest absolute Gasteiger partial charge is 0.467 e. The van der Waals surface area contributed by atoms with Crippen molar-refractivity contribution < 1.29 is 14.3 Å². The Hall–Kier alpha value is -0.840. The summed E-state index contributed by atoms with van der Waals surface area (Å²) in [5, 5.41) is 12.7. The molecule has 0 radical (unpaired) electrons. The molecule has 0 aliphatic heterocycles. The molecule has 16 heavy (non-hydrogen) atoms. The summed E-state index contributed by atoms with van der Waals surface area (Å²) in [7, 11) is 0. The minimum absolute atomic E-state index is 0.325. The van der Waals surface area contributed by atoms with E-state index in [9.17, 15) is 5.11 Å². The van der Waals surface area contributed by atoms with Crippen molar-refractivity contribution in [2.45, 2.75) is 26.6 Å². The SMILES string of the molecule is CC(C)CNCC(O)COCc1ccco1. The van der Waals surface area contributed by atoms with E-state index in [0.29, 0.717) is 25.7 Å². The Labute approximate surface area is 96.6 Å². The van der Waals surface area contributed by atoms with Gasteiger partial charge in [-0.1, -0.05) is 13.8 Å². The molecule has 0 aliphatic carbocycles. The number of aliphatic hydroxyl groups is 1. The van der Waals surface area contributed by atoms with Crippen LogP contribution >= 0.6 is 0 Å². The van der Waals surface area contributed by atoms with Crippen LogP contribution in [0.2, 0.25) is 0 Å². The molecule has 0 fully saturated rings. The van der Waals surface area contributed by atoms with Crippen molar-refractivity contribution in [2.75, 3.05) is 19.7 Å². The molecule has 0 saturated carbocycles. The third-order valence-electron chi connectivity index (χ3n) is 2.07. The van der Waals surface area contributed by atoms with E-state index >= 15 is 0 Å². The summed E-state index contributed by atoms with van der Waals surface area (Å²) in [5.74, 6) is 1.37. The lowest BCUT2D eigenvalue weighted by Gasteiger charge is -2.13. The van der Waals surface area contributed by atoms with E-state index in [1.165, 1.54) is 0 Å². The van der Waals surface area contributed by atoms with Crippen LogP contribution in [0.1, 0.15) is 19.6 Å². The highest BCUT2D eigenvalue weighted by atomic mass is 16.5. The minimum Gasteiger partial charge on any atom is -0.467 e. The molecule has 0 aromatic carbocycles. The zero-order valence-corrected chi connectivity index (χ0v) is 9.98. The second kappa shape index (κ2) is 7.44. The third kappa shape index (κ3) is 5.90. The quantitative estimate of drug-likeness (QED) is 0.705. The molecular weight excluding hydrogens is 206 g/mol. The van der Waals surface area contributed by atoms with Gasteiger partial charge in [0.2, 0.25) is 0 Å². The van der Waals surface area contributed by atoms with Crippen molar-refractivity contribution in [3.8, 4) is 0 Å². The Morgan fingerprint density at radius 1 is 1.44 bits per heavy atom. The van der Waals surface area contributed by atoms with Gasteiger partial charge in [-0.15, -0.1) is 0 Å². The maximum atomic E-state index is 9.57. The standard InChI is InChI=1S/C12H21NO3/c1-10(2)6-13-7-11(14)8-15-9-12-4-3-5-16-12/h3-5,10-11,13-14H,6-9H2,1-2H3. The first-order chi connectivity index (χ1) is 7.68. The van der Waals surface area contributed by atoms with E-state index in [2.05, 4.69) is 19.2 Å². The van der Waals surface area contributed by atoms with Crippen LogP contribution in [0.3, 0.4) is 0 Å². The Morgan fingerprint density at radius 3 is 2.88 bits per heavy atom. The Bertz CT molecular complexity index is 259. The predicted molar refractivity (Wildman–Crippen MR) is 62.1 cm³/mol. The lowest BCUT2D eigenvalue weighted by atomic mass is 10.2. The van der Waals surface area contributed by atoms with Gasteiger partial charge >= 0.3 is 0 Å². The smallest absolute Gasteiger partial charge is 0.129 e. The lowest BCUT2D eigenvalue weighted by Crippen LogP contribution is -2.32. The molecular formula is C12H21NO3. The number of ether oxygens (including phenoxy) is 1. The second-order valence-corrected chi connectivity index (χ2v) is 4.30. The van der Waals surface area contributed by atoms with E-state index in [4.69, 9.17) is 9.15 Å². The summed E-state index contributed by atoms with van der Waals surface area (Å²) in [5.41, 5.74) is 0. The maximum Gasteiger partial charge on any atom is 0.129 e. The highest BCUT2D eigenvalue weighted by Gasteiger charge is 2.05. The Balaban J connectivity index is 2.00. The Kier molecular flexibility index (Phi) is 6.15.